The van der Waals surface area contributed by atoms with E-state index in [-0.39, 0.29) is 17.9 Å². The Morgan fingerprint density at radius 1 is 1.08 bits per heavy atom. The Morgan fingerprint density at radius 2 is 1.71 bits per heavy atom. The van der Waals surface area contributed by atoms with Gasteiger partial charge in [0.2, 0.25) is 0 Å². The molecule has 4 aliphatic rings. The maximum Gasteiger partial charge on any atom is 0.317 e. The summed E-state index contributed by atoms with van der Waals surface area (Å²) < 4.78 is 19.2. The molecule has 4 nitrogen and oxygen atoms in total. The van der Waals surface area contributed by atoms with Gasteiger partial charge in [0.05, 0.1) is 18.2 Å². The number of hydrogen-bond donors (Lipinski definition) is 1. The smallest absolute Gasteiger partial charge is 0.317 e. The number of urea groups is 1. The highest BCUT2D eigenvalue weighted by molar-refractivity contribution is 5.75. The Balaban J connectivity index is 1.28. The standard InChI is InChI=1S/C19H23FN2O2/c20-13-5-3-12(4-6-13)18(11-1-2-11)21-19(23)22-9-14-15(10-22)17-8-7-16(14)24-17/h3-6,11,14-18H,1-2,7-10H2,(H,21,23)/t14-,15-,16+,17+,18-/m0/s1. The molecule has 3 heterocycles. The summed E-state index contributed by atoms with van der Waals surface area (Å²) in [5, 5.41) is 3.22. The molecule has 24 heavy (non-hydrogen) atoms. The van der Waals surface area contributed by atoms with Crippen LogP contribution in [0.1, 0.15) is 37.3 Å². The Bertz CT molecular complexity index is 627. The van der Waals surface area contributed by atoms with Crippen molar-refractivity contribution in [3.63, 3.8) is 0 Å². The van der Waals surface area contributed by atoms with Gasteiger partial charge in [0.15, 0.2) is 0 Å². The quantitative estimate of drug-likeness (QED) is 0.925. The Labute approximate surface area is 141 Å². The van der Waals surface area contributed by atoms with E-state index in [4.69, 9.17) is 4.74 Å². The summed E-state index contributed by atoms with van der Waals surface area (Å²) in [5.74, 6) is 1.31. The van der Waals surface area contributed by atoms with Gasteiger partial charge in [0, 0.05) is 24.9 Å². The van der Waals surface area contributed by atoms with Crippen molar-refractivity contribution in [3.05, 3.63) is 35.6 Å². The lowest BCUT2D eigenvalue weighted by atomic mass is 9.82. The topological polar surface area (TPSA) is 41.6 Å². The number of nitrogens with zero attached hydrogens (tertiary/aromatic N) is 1. The summed E-state index contributed by atoms with van der Waals surface area (Å²) in [4.78, 5) is 14.8. The van der Waals surface area contributed by atoms with Crippen LogP contribution in [0.4, 0.5) is 9.18 Å². The Morgan fingerprint density at radius 3 is 2.29 bits per heavy atom. The minimum Gasteiger partial charge on any atom is -0.374 e. The zero-order valence-electron chi connectivity index (χ0n) is 13.7. The van der Waals surface area contributed by atoms with E-state index in [1.165, 1.54) is 12.1 Å². The minimum atomic E-state index is -0.234. The van der Waals surface area contributed by atoms with Crippen LogP contribution >= 0.6 is 0 Å². The SMILES string of the molecule is O=C(N[C@H](c1ccc(F)cc1)C1CC1)N1C[C@H]2[C@H](C1)[C@H]1CC[C@H]2O1. The summed E-state index contributed by atoms with van der Waals surface area (Å²) >= 11 is 0. The monoisotopic (exact) mass is 330 g/mol. The van der Waals surface area contributed by atoms with Crippen LogP contribution in [-0.4, -0.2) is 36.2 Å². The number of benzene rings is 1. The van der Waals surface area contributed by atoms with Crippen molar-refractivity contribution in [1.29, 1.82) is 0 Å². The third kappa shape index (κ3) is 2.41. The van der Waals surface area contributed by atoms with Gasteiger partial charge in [0.1, 0.15) is 5.82 Å². The van der Waals surface area contributed by atoms with Crippen molar-refractivity contribution >= 4 is 6.03 Å². The van der Waals surface area contributed by atoms with Crippen molar-refractivity contribution in [2.75, 3.05) is 13.1 Å². The first-order valence-corrected chi connectivity index (χ1v) is 9.15. The van der Waals surface area contributed by atoms with Gasteiger partial charge in [-0.15, -0.1) is 0 Å². The van der Waals surface area contributed by atoms with Gasteiger partial charge in [-0.3, -0.25) is 0 Å². The van der Waals surface area contributed by atoms with Crippen molar-refractivity contribution in [2.24, 2.45) is 17.8 Å². The summed E-state index contributed by atoms with van der Waals surface area (Å²) in [6.07, 6.45) is 5.31. The van der Waals surface area contributed by atoms with E-state index in [9.17, 15) is 9.18 Å². The van der Waals surface area contributed by atoms with Crippen LogP contribution in [-0.2, 0) is 4.74 Å². The number of likely N-dealkylation sites (tertiary alicyclic amines) is 1. The highest BCUT2D eigenvalue weighted by Gasteiger charge is 2.54. The maximum atomic E-state index is 13.2. The molecule has 1 saturated carbocycles. The second-order valence-electron chi connectivity index (χ2n) is 7.84. The first kappa shape index (κ1) is 14.7. The Kier molecular flexibility index (Phi) is 3.34. The predicted octanol–water partition coefficient (Wildman–Crippen LogP) is 3.10. The van der Waals surface area contributed by atoms with Gasteiger partial charge >= 0.3 is 6.03 Å². The van der Waals surface area contributed by atoms with E-state index in [0.29, 0.717) is 30.0 Å². The average molecular weight is 330 g/mol. The van der Waals surface area contributed by atoms with E-state index in [2.05, 4.69) is 5.32 Å². The number of carbonyl (C=O) groups excluding carboxylic acids is 1. The van der Waals surface area contributed by atoms with Gasteiger partial charge < -0.3 is 15.0 Å². The number of halogens is 1. The van der Waals surface area contributed by atoms with E-state index in [1.807, 2.05) is 4.90 Å². The molecule has 5 heteroatoms. The lowest BCUT2D eigenvalue weighted by Crippen LogP contribution is -2.42. The molecule has 0 aromatic heterocycles. The molecule has 1 aromatic rings. The number of amides is 2. The van der Waals surface area contributed by atoms with Gasteiger partial charge in [-0.05, 0) is 49.3 Å². The normalized spacial score (nSPS) is 35.1. The largest absolute Gasteiger partial charge is 0.374 e. The van der Waals surface area contributed by atoms with Gasteiger partial charge in [-0.2, -0.15) is 0 Å². The molecule has 4 fully saturated rings. The zero-order valence-corrected chi connectivity index (χ0v) is 13.7. The molecule has 1 aliphatic carbocycles. The van der Waals surface area contributed by atoms with Crippen molar-refractivity contribution in [3.8, 4) is 0 Å². The van der Waals surface area contributed by atoms with Crippen molar-refractivity contribution < 1.29 is 13.9 Å². The fraction of sp³-hybridized carbons (Fsp3) is 0.632. The van der Waals surface area contributed by atoms with Crippen LogP contribution in [0.2, 0.25) is 0 Å². The van der Waals surface area contributed by atoms with Crippen LogP contribution in [0.3, 0.4) is 0 Å². The fourth-order valence-electron chi connectivity index (χ4n) is 4.92. The Hall–Kier alpha value is -1.62. The van der Waals surface area contributed by atoms with E-state index in [1.54, 1.807) is 12.1 Å². The third-order valence-corrected chi connectivity index (χ3v) is 6.34. The number of hydrogen-bond acceptors (Lipinski definition) is 2. The third-order valence-electron chi connectivity index (χ3n) is 6.34. The lowest BCUT2D eigenvalue weighted by molar-refractivity contribution is 0.0736. The molecule has 5 atom stereocenters. The highest BCUT2D eigenvalue weighted by Crippen LogP contribution is 2.47. The van der Waals surface area contributed by atoms with Gasteiger partial charge in [-0.1, -0.05) is 12.1 Å². The molecule has 3 aliphatic heterocycles. The molecule has 2 bridgehead atoms. The molecular weight excluding hydrogens is 307 g/mol. The van der Waals surface area contributed by atoms with Crippen LogP contribution in [0.5, 0.6) is 0 Å². The highest BCUT2D eigenvalue weighted by atomic mass is 19.1. The van der Waals surface area contributed by atoms with Crippen LogP contribution in [0, 0.1) is 23.6 Å². The molecule has 3 saturated heterocycles. The van der Waals surface area contributed by atoms with Crippen LogP contribution in [0.15, 0.2) is 24.3 Å². The van der Waals surface area contributed by atoms with E-state index < -0.39 is 0 Å². The zero-order chi connectivity index (χ0) is 16.3. The van der Waals surface area contributed by atoms with Gasteiger partial charge in [0.25, 0.3) is 0 Å². The van der Waals surface area contributed by atoms with E-state index in [0.717, 1.165) is 44.3 Å². The molecule has 128 valence electrons. The molecular formula is C19H23FN2O2. The molecule has 0 unspecified atom stereocenters. The van der Waals surface area contributed by atoms with E-state index >= 15 is 0 Å². The number of fused-ring (bicyclic) bond motifs is 5. The summed E-state index contributed by atoms with van der Waals surface area (Å²) in [5.41, 5.74) is 1.01. The van der Waals surface area contributed by atoms with Crippen molar-refractivity contribution in [1.82, 2.24) is 10.2 Å². The first-order valence-electron chi connectivity index (χ1n) is 9.15. The molecule has 0 spiro atoms. The number of nitrogens with one attached hydrogen (secondary N) is 1. The second kappa shape index (κ2) is 5.45. The van der Waals surface area contributed by atoms with Gasteiger partial charge in [-0.25, -0.2) is 9.18 Å². The first-order chi connectivity index (χ1) is 11.7. The molecule has 0 radical (unpaired) electrons. The lowest BCUT2D eigenvalue weighted by Gasteiger charge is -2.25. The molecule has 2 amide bonds. The number of carbonyl (C=O) groups is 1. The summed E-state index contributed by atoms with van der Waals surface area (Å²) in [7, 11) is 0. The summed E-state index contributed by atoms with van der Waals surface area (Å²) in [6, 6.07) is 6.59. The average Bonchev–Trinajstić information content (AvgIpc) is 3.03. The molecule has 1 aromatic carbocycles. The van der Waals surface area contributed by atoms with Crippen LogP contribution < -0.4 is 5.32 Å². The minimum absolute atomic E-state index is 0.00603. The molecule has 5 rings (SSSR count). The van der Waals surface area contributed by atoms with Crippen molar-refractivity contribution in [2.45, 2.75) is 43.9 Å². The number of ether oxygens (including phenoxy) is 1. The number of rotatable bonds is 3. The predicted molar refractivity (Wildman–Crippen MR) is 86.8 cm³/mol. The second-order valence-corrected chi connectivity index (χ2v) is 7.84. The maximum absolute atomic E-state index is 13.2. The van der Waals surface area contributed by atoms with Crippen LogP contribution in [0.25, 0.3) is 0 Å². The molecule has 1 N–H and O–H groups in total. The summed E-state index contributed by atoms with van der Waals surface area (Å²) in [6.45, 7) is 1.64. The fourth-order valence-corrected chi connectivity index (χ4v) is 4.92.